The number of amides is 4. The highest BCUT2D eigenvalue weighted by Crippen LogP contribution is 2.47. The van der Waals surface area contributed by atoms with Crippen molar-refractivity contribution >= 4 is 29.3 Å². The fraction of sp³-hybridized carbons (Fsp3) is 0.364. The first-order valence-corrected chi connectivity index (χ1v) is 19.1. The van der Waals surface area contributed by atoms with Crippen LogP contribution in [0, 0.1) is 5.92 Å². The molecule has 2 saturated heterocycles. The molecule has 2 N–H and O–H groups in total. The number of aryl methyl sites for hydroxylation is 1. The van der Waals surface area contributed by atoms with Crippen LogP contribution in [0.3, 0.4) is 0 Å². The van der Waals surface area contributed by atoms with Crippen LogP contribution in [0.25, 0.3) is 0 Å². The second kappa shape index (κ2) is 13.6. The van der Waals surface area contributed by atoms with Crippen LogP contribution in [-0.2, 0) is 29.1 Å². The Balaban J connectivity index is 0.803. The molecule has 1 unspecified atom stereocenters. The minimum absolute atomic E-state index is 0.112. The maximum absolute atomic E-state index is 13.3. The minimum atomic E-state index is -0.943. The molecule has 270 valence electrons. The van der Waals surface area contributed by atoms with Gasteiger partial charge in [-0.1, -0.05) is 48.5 Å². The number of hydrogen-bond acceptors (Lipinski definition) is 7. The van der Waals surface area contributed by atoms with Gasteiger partial charge in [-0.15, -0.1) is 0 Å². The summed E-state index contributed by atoms with van der Waals surface area (Å²) in [4.78, 5) is 56.6. The number of anilines is 1. The van der Waals surface area contributed by atoms with E-state index in [2.05, 4.69) is 75.8 Å². The normalized spacial score (nSPS) is 23.2. The number of carbonyl (C=O) groups is 4. The van der Waals surface area contributed by atoms with E-state index in [9.17, 15) is 24.3 Å². The molecule has 5 aliphatic rings. The Morgan fingerprint density at radius 1 is 0.698 bits per heavy atom. The SMILES string of the molecule is O=C1CCC(N2C(=O)c3cc4c(cc3C2=O)CN(CCC2CCN(c3ccc([C@@H]5c6ccc(O)cc6CC[C@@H]5c5ccccc5)cc3)CC2)C4)C(=O)N1. The van der Waals surface area contributed by atoms with E-state index in [0.29, 0.717) is 28.7 Å². The first kappa shape index (κ1) is 33.5. The van der Waals surface area contributed by atoms with Gasteiger partial charge in [-0.2, -0.15) is 0 Å². The van der Waals surface area contributed by atoms with E-state index < -0.39 is 23.8 Å². The first-order valence-electron chi connectivity index (χ1n) is 19.1. The number of nitrogens with one attached hydrogen (secondary N) is 1. The third kappa shape index (κ3) is 6.20. The summed E-state index contributed by atoms with van der Waals surface area (Å²) in [5, 5.41) is 12.5. The lowest BCUT2D eigenvalue weighted by Crippen LogP contribution is -2.54. The molecule has 2 fully saturated rings. The number of imide groups is 2. The van der Waals surface area contributed by atoms with Crippen LogP contribution < -0.4 is 10.2 Å². The molecule has 4 amide bonds. The molecule has 0 saturated carbocycles. The lowest BCUT2D eigenvalue weighted by Gasteiger charge is -2.36. The van der Waals surface area contributed by atoms with E-state index in [1.165, 1.54) is 27.9 Å². The van der Waals surface area contributed by atoms with Crippen molar-refractivity contribution < 1.29 is 24.3 Å². The molecule has 3 atom stereocenters. The van der Waals surface area contributed by atoms with Crippen LogP contribution in [0.15, 0.2) is 84.9 Å². The molecule has 9 nitrogen and oxygen atoms in total. The fourth-order valence-electron chi connectivity index (χ4n) is 9.61. The van der Waals surface area contributed by atoms with Crippen molar-refractivity contribution in [2.75, 3.05) is 24.5 Å². The van der Waals surface area contributed by atoms with E-state index >= 15 is 0 Å². The molecule has 1 aliphatic carbocycles. The van der Waals surface area contributed by atoms with Gasteiger partial charge in [-0.3, -0.25) is 34.3 Å². The third-order valence-corrected chi connectivity index (χ3v) is 12.4. The van der Waals surface area contributed by atoms with E-state index in [4.69, 9.17) is 0 Å². The molecule has 0 radical (unpaired) electrons. The van der Waals surface area contributed by atoms with Crippen molar-refractivity contribution in [1.29, 1.82) is 0 Å². The number of phenolic OH excluding ortho intramolecular Hbond substituents is 1. The molecular weight excluding hydrogens is 665 g/mol. The number of hydrogen-bond donors (Lipinski definition) is 2. The van der Waals surface area contributed by atoms with Gasteiger partial charge in [0.05, 0.1) is 11.1 Å². The molecule has 4 aromatic carbocycles. The van der Waals surface area contributed by atoms with Crippen molar-refractivity contribution in [3.8, 4) is 5.75 Å². The van der Waals surface area contributed by atoms with Gasteiger partial charge < -0.3 is 10.0 Å². The molecule has 53 heavy (non-hydrogen) atoms. The molecule has 4 aliphatic heterocycles. The zero-order valence-corrected chi connectivity index (χ0v) is 29.8. The van der Waals surface area contributed by atoms with Crippen molar-refractivity contribution in [2.24, 2.45) is 5.92 Å². The number of phenols is 1. The summed E-state index contributed by atoms with van der Waals surface area (Å²) >= 11 is 0. The monoisotopic (exact) mass is 708 g/mol. The Labute approximate surface area is 309 Å². The average Bonchev–Trinajstić information content (AvgIpc) is 3.69. The first-order chi connectivity index (χ1) is 25.8. The van der Waals surface area contributed by atoms with E-state index in [-0.39, 0.29) is 24.7 Å². The predicted octanol–water partition coefficient (Wildman–Crippen LogP) is 6.28. The summed E-state index contributed by atoms with van der Waals surface area (Å²) in [5.41, 5.74) is 9.39. The highest BCUT2D eigenvalue weighted by atomic mass is 16.3. The summed E-state index contributed by atoms with van der Waals surface area (Å²) in [7, 11) is 0. The summed E-state index contributed by atoms with van der Waals surface area (Å²) < 4.78 is 0. The lowest BCUT2D eigenvalue weighted by atomic mass is 9.69. The van der Waals surface area contributed by atoms with E-state index in [0.717, 1.165) is 80.9 Å². The topological polar surface area (TPSA) is 110 Å². The summed E-state index contributed by atoms with van der Waals surface area (Å²) in [6.07, 6.45) is 5.69. The number of rotatable bonds is 7. The third-order valence-electron chi connectivity index (χ3n) is 12.4. The Hall–Kier alpha value is -5.28. The van der Waals surface area contributed by atoms with Crippen molar-refractivity contribution in [1.82, 2.24) is 15.1 Å². The smallest absolute Gasteiger partial charge is 0.262 e. The van der Waals surface area contributed by atoms with E-state index in [1.54, 1.807) is 0 Å². The van der Waals surface area contributed by atoms with Crippen molar-refractivity contribution in [3.63, 3.8) is 0 Å². The maximum Gasteiger partial charge on any atom is 0.262 e. The van der Waals surface area contributed by atoms with Gasteiger partial charge in [-0.05, 0) is 127 Å². The number of fused-ring (bicyclic) bond motifs is 3. The van der Waals surface area contributed by atoms with Crippen LogP contribution in [0.1, 0.15) is 104 Å². The van der Waals surface area contributed by atoms with Crippen LogP contribution in [0.4, 0.5) is 5.69 Å². The van der Waals surface area contributed by atoms with E-state index in [1.807, 2.05) is 24.3 Å². The van der Waals surface area contributed by atoms with Gasteiger partial charge in [-0.25, -0.2) is 0 Å². The van der Waals surface area contributed by atoms with Gasteiger partial charge in [0.1, 0.15) is 11.8 Å². The van der Waals surface area contributed by atoms with Crippen molar-refractivity contribution in [3.05, 3.63) is 129 Å². The molecule has 0 aromatic heterocycles. The van der Waals surface area contributed by atoms with Gasteiger partial charge >= 0.3 is 0 Å². The van der Waals surface area contributed by atoms with Crippen LogP contribution in [0.2, 0.25) is 0 Å². The Kier molecular flexibility index (Phi) is 8.61. The Morgan fingerprint density at radius 3 is 2.08 bits per heavy atom. The second-order valence-corrected chi connectivity index (χ2v) is 15.6. The lowest BCUT2D eigenvalue weighted by molar-refractivity contribution is -0.136. The fourth-order valence-corrected chi connectivity index (χ4v) is 9.61. The molecule has 0 bridgehead atoms. The minimum Gasteiger partial charge on any atom is -0.508 e. The highest BCUT2D eigenvalue weighted by Gasteiger charge is 2.45. The molecule has 4 heterocycles. The number of carbonyl (C=O) groups excluding carboxylic acids is 4. The van der Waals surface area contributed by atoms with Crippen molar-refractivity contribution in [2.45, 2.75) is 75.9 Å². The highest BCUT2D eigenvalue weighted by molar-refractivity contribution is 6.23. The maximum atomic E-state index is 13.3. The average molecular weight is 709 g/mol. The number of aromatic hydroxyl groups is 1. The number of nitrogens with zero attached hydrogens (tertiary/aromatic N) is 3. The molecule has 9 rings (SSSR count). The molecule has 4 aromatic rings. The largest absolute Gasteiger partial charge is 0.508 e. The molecule has 0 spiro atoms. The summed E-state index contributed by atoms with van der Waals surface area (Å²) in [6, 6.07) is 28.7. The second-order valence-electron chi connectivity index (χ2n) is 15.6. The summed E-state index contributed by atoms with van der Waals surface area (Å²) in [6.45, 7) is 4.51. The Bertz CT molecular complexity index is 2060. The van der Waals surface area contributed by atoms with Gasteiger partial charge in [0.25, 0.3) is 11.8 Å². The van der Waals surface area contributed by atoms with Crippen LogP contribution in [0.5, 0.6) is 5.75 Å². The van der Waals surface area contributed by atoms with Gasteiger partial charge in [0, 0.05) is 44.2 Å². The zero-order valence-electron chi connectivity index (χ0n) is 29.8. The van der Waals surface area contributed by atoms with Crippen LogP contribution in [-0.4, -0.2) is 64.2 Å². The van der Waals surface area contributed by atoms with Crippen LogP contribution >= 0.6 is 0 Å². The number of benzene rings is 4. The standard InChI is InChI=1S/C44H44N4O5/c49-34-11-13-36-30(22-34)8-12-35(28-4-2-1-3-5-28)41(36)29-6-9-33(10-7-29)47-20-17-27(18-21-47)16-19-46-25-31-23-37-38(24-32(31)26-46)44(53)48(43(37)52)39-14-15-40(50)45-42(39)51/h1-7,9-11,13,22-24,27,35,39,41,49H,8,12,14-21,25-26H2,(H,45,50,51)/t35-,39?,41+/m1/s1. The molecular formula is C44H44N4O5. The quantitative estimate of drug-likeness (QED) is 0.218. The van der Waals surface area contributed by atoms with Gasteiger partial charge in [0.15, 0.2) is 0 Å². The molecule has 9 heteroatoms. The van der Waals surface area contributed by atoms with Gasteiger partial charge in [0.2, 0.25) is 11.8 Å². The summed E-state index contributed by atoms with van der Waals surface area (Å²) in [5.74, 6) is -0.235. The Morgan fingerprint density at radius 2 is 1.40 bits per heavy atom. The number of piperidine rings is 2. The predicted molar refractivity (Wildman–Crippen MR) is 201 cm³/mol. The zero-order chi connectivity index (χ0) is 36.2.